The van der Waals surface area contributed by atoms with Crippen molar-refractivity contribution in [2.75, 3.05) is 13.1 Å². The van der Waals surface area contributed by atoms with Crippen LogP contribution >= 0.6 is 0 Å². The Morgan fingerprint density at radius 2 is 1.56 bits per heavy atom. The SMILES string of the molecule is Cc1ccc(S(=O)(=O)N2CCc3ccccc3C(=C3CCCCC3)C2)cc1. The highest BCUT2D eigenvalue weighted by Gasteiger charge is 2.29. The van der Waals surface area contributed by atoms with Crippen LogP contribution in [-0.2, 0) is 16.4 Å². The zero-order valence-corrected chi connectivity index (χ0v) is 16.8. The third kappa shape index (κ3) is 3.74. The zero-order valence-electron chi connectivity index (χ0n) is 15.9. The first kappa shape index (κ1) is 18.5. The van der Waals surface area contributed by atoms with Crippen LogP contribution in [0, 0.1) is 6.92 Å². The molecule has 1 fully saturated rings. The van der Waals surface area contributed by atoms with Gasteiger partial charge in [-0.1, -0.05) is 54.0 Å². The molecule has 4 heteroatoms. The molecule has 3 nitrogen and oxygen atoms in total. The molecule has 2 aromatic rings. The number of aryl methyl sites for hydroxylation is 1. The molecule has 0 radical (unpaired) electrons. The minimum atomic E-state index is -3.49. The maximum absolute atomic E-state index is 13.3. The van der Waals surface area contributed by atoms with Crippen molar-refractivity contribution >= 4 is 15.6 Å². The van der Waals surface area contributed by atoms with E-state index in [0.29, 0.717) is 18.0 Å². The van der Waals surface area contributed by atoms with Crippen LogP contribution in [0.5, 0.6) is 0 Å². The van der Waals surface area contributed by atoms with Crippen molar-refractivity contribution in [3.63, 3.8) is 0 Å². The average Bonchev–Trinajstić information content (AvgIpc) is 2.89. The highest BCUT2D eigenvalue weighted by molar-refractivity contribution is 7.89. The smallest absolute Gasteiger partial charge is 0.207 e. The van der Waals surface area contributed by atoms with Gasteiger partial charge in [0, 0.05) is 13.1 Å². The maximum Gasteiger partial charge on any atom is 0.243 e. The van der Waals surface area contributed by atoms with Gasteiger partial charge in [0.05, 0.1) is 4.90 Å². The first-order chi connectivity index (χ1) is 13.1. The van der Waals surface area contributed by atoms with E-state index in [2.05, 4.69) is 24.3 Å². The van der Waals surface area contributed by atoms with Gasteiger partial charge in [-0.15, -0.1) is 0 Å². The van der Waals surface area contributed by atoms with Crippen molar-refractivity contribution in [3.8, 4) is 0 Å². The number of rotatable bonds is 2. The minimum absolute atomic E-state index is 0.395. The van der Waals surface area contributed by atoms with Gasteiger partial charge >= 0.3 is 0 Å². The third-order valence-corrected chi connectivity index (χ3v) is 7.71. The fraction of sp³-hybridized carbons (Fsp3) is 0.391. The Morgan fingerprint density at radius 1 is 0.852 bits per heavy atom. The topological polar surface area (TPSA) is 37.4 Å². The van der Waals surface area contributed by atoms with E-state index in [9.17, 15) is 8.42 Å². The van der Waals surface area contributed by atoms with Crippen LogP contribution in [0.1, 0.15) is 48.8 Å². The molecule has 1 aliphatic heterocycles. The normalized spacial score (nSPS) is 18.9. The second kappa shape index (κ2) is 7.61. The van der Waals surface area contributed by atoms with Crippen molar-refractivity contribution in [2.45, 2.75) is 50.3 Å². The number of nitrogens with zero attached hydrogens (tertiary/aromatic N) is 1. The highest BCUT2D eigenvalue weighted by Crippen LogP contribution is 2.35. The van der Waals surface area contributed by atoms with Gasteiger partial charge in [0.25, 0.3) is 0 Å². The van der Waals surface area contributed by atoms with Gasteiger partial charge in [-0.3, -0.25) is 0 Å². The van der Waals surface area contributed by atoms with E-state index in [-0.39, 0.29) is 0 Å². The quantitative estimate of drug-likeness (QED) is 0.737. The summed E-state index contributed by atoms with van der Waals surface area (Å²) in [6.07, 6.45) is 6.67. The molecular formula is C23H27NO2S. The molecule has 1 saturated carbocycles. The summed E-state index contributed by atoms with van der Waals surface area (Å²) in [6.45, 7) is 3.00. The van der Waals surface area contributed by atoms with Gasteiger partial charge in [0.2, 0.25) is 10.0 Å². The van der Waals surface area contributed by atoms with E-state index in [1.165, 1.54) is 41.5 Å². The van der Waals surface area contributed by atoms with E-state index in [1.807, 2.05) is 19.1 Å². The zero-order chi connectivity index (χ0) is 18.9. The number of sulfonamides is 1. The molecule has 0 aromatic heterocycles. The standard InChI is InChI=1S/C23H27NO2S/c1-18-11-13-21(14-12-18)27(25,26)24-16-15-20-9-5-6-10-22(20)23(17-24)19-7-3-2-4-8-19/h5-6,9-14H,2-4,7-8,15-17H2,1H3. The Hall–Kier alpha value is -1.91. The van der Waals surface area contributed by atoms with Gasteiger partial charge in [0.1, 0.15) is 0 Å². The monoisotopic (exact) mass is 381 g/mol. The molecular weight excluding hydrogens is 354 g/mol. The molecule has 4 rings (SSSR count). The molecule has 0 N–H and O–H groups in total. The molecule has 1 heterocycles. The van der Waals surface area contributed by atoms with Crippen molar-refractivity contribution in [3.05, 3.63) is 70.8 Å². The van der Waals surface area contributed by atoms with Crippen molar-refractivity contribution in [2.24, 2.45) is 0 Å². The van der Waals surface area contributed by atoms with Crippen molar-refractivity contribution in [1.82, 2.24) is 4.31 Å². The first-order valence-corrected chi connectivity index (χ1v) is 11.4. The van der Waals surface area contributed by atoms with Crippen LogP contribution in [0.15, 0.2) is 59.0 Å². The summed E-state index contributed by atoms with van der Waals surface area (Å²) in [4.78, 5) is 0.395. The van der Waals surface area contributed by atoms with E-state index in [0.717, 1.165) is 24.8 Å². The van der Waals surface area contributed by atoms with Gasteiger partial charge in [-0.2, -0.15) is 4.31 Å². The summed E-state index contributed by atoms with van der Waals surface area (Å²) in [5.41, 5.74) is 6.31. The minimum Gasteiger partial charge on any atom is -0.207 e. The predicted octanol–water partition coefficient (Wildman–Crippen LogP) is 4.96. The van der Waals surface area contributed by atoms with Gasteiger partial charge in [0.15, 0.2) is 0 Å². The molecule has 0 amide bonds. The van der Waals surface area contributed by atoms with Gasteiger partial charge in [-0.25, -0.2) is 8.42 Å². The van der Waals surface area contributed by atoms with Crippen LogP contribution in [-0.4, -0.2) is 25.8 Å². The van der Waals surface area contributed by atoms with Crippen LogP contribution in [0.4, 0.5) is 0 Å². The molecule has 2 aliphatic rings. The van der Waals surface area contributed by atoms with E-state index in [1.54, 1.807) is 16.4 Å². The number of allylic oxidation sites excluding steroid dienone is 1. The lowest BCUT2D eigenvalue weighted by Crippen LogP contribution is -2.33. The average molecular weight is 382 g/mol. The molecule has 0 saturated heterocycles. The van der Waals surface area contributed by atoms with Crippen LogP contribution in [0.2, 0.25) is 0 Å². The van der Waals surface area contributed by atoms with Gasteiger partial charge < -0.3 is 0 Å². The molecule has 0 bridgehead atoms. The fourth-order valence-corrected chi connectivity index (χ4v) is 5.67. The Balaban J connectivity index is 1.76. The largest absolute Gasteiger partial charge is 0.243 e. The molecule has 142 valence electrons. The lowest BCUT2D eigenvalue weighted by atomic mass is 9.87. The number of hydrogen-bond acceptors (Lipinski definition) is 2. The summed E-state index contributed by atoms with van der Waals surface area (Å²) in [5, 5.41) is 0. The van der Waals surface area contributed by atoms with Crippen LogP contribution < -0.4 is 0 Å². The first-order valence-electron chi connectivity index (χ1n) is 9.92. The third-order valence-electron chi connectivity index (χ3n) is 5.85. The van der Waals surface area contributed by atoms with Gasteiger partial charge in [-0.05, 0) is 67.9 Å². The highest BCUT2D eigenvalue weighted by atomic mass is 32.2. The van der Waals surface area contributed by atoms with E-state index < -0.39 is 10.0 Å². The van der Waals surface area contributed by atoms with Crippen molar-refractivity contribution < 1.29 is 8.42 Å². The molecule has 0 atom stereocenters. The lowest BCUT2D eigenvalue weighted by Gasteiger charge is -2.24. The summed E-state index contributed by atoms with van der Waals surface area (Å²) in [5.74, 6) is 0. The molecule has 1 aliphatic carbocycles. The Labute approximate surface area is 162 Å². The Bertz CT molecular complexity index is 950. The van der Waals surface area contributed by atoms with Crippen molar-refractivity contribution in [1.29, 1.82) is 0 Å². The summed E-state index contributed by atoms with van der Waals surface area (Å²) < 4.78 is 28.4. The second-order valence-electron chi connectivity index (χ2n) is 7.70. The van der Waals surface area contributed by atoms with E-state index in [4.69, 9.17) is 0 Å². The fourth-order valence-electron chi connectivity index (χ4n) is 4.27. The summed E-state index contributed by atoms with van der Waals surface area (Å²) >= 11 is 0. The number of fused-ring (bicyclic) bond motifs is 1. The second-order valence-corrected chi connectivity index (χ2v) is 9.64. The van der Waals surface area contributed by atoms with Crippen LogP contribution in [0.25, 0.3) is 5.57 Å². The molecule has 0 unspecified atom stereocenters. The van der Waals surface area contributed by atoms with Crippen LogP contribution in [0.3, 0.4) is 0 Å². The predicted molar refractivity (Wildman–Crippen MR) is 110 cm³/mol. The lowest BCUT2D eigenvalue weighted by molar-refractivity contribution is 0.452. The maximum atomic E-state index is 13.3. The molecule has 0 spiro atoms. The number of hydrogen-bond donors (Lipinski definition) is 0. The van der Waals surface area contributed by atoms with E-state index >= 15 is 0 Å². The summed E-state index contributed by atoms with van der Waals surface area (Å²) in [7, 11) is -3.49. The molecule has 2 aromatic carbocycles. The summed E-state index contributed by atoms with van der Waals surface area (Å²) in [6, 6.07) is 15.7. The molecule has 27 heavy (non-hydrogen) atoms. The Morgan fingerprint density at radius 3 is 2.30 bits per heavy atom. The Kier molecular flexibility index (Phi) is 5.20. The number of benzene rings is 2.